The van der Waals surface area contributed by atoms with E-state index in [1.807, 2.05) is 6.08 Å². The van der Waals surface area contributed by atoms with E-state index in [2.05, 4.69) is 99.8 Å². The van der Waals surface area contributed by atoms with Crippen LogP contribution in [0.1, 0.15) is 258 Å². The van der Waals surface area contributed by atoms with E-state index in [-0.39, 0.29) is 31.6 Å². The van der Waals surface area contributed by atoms with Crippen LogP contribution in [0.5, 0.6) is 0 Å². The van der Waals surface area contributed by atoms with Crippen LogP contribution in [0, 0.1) is 0 Å². The van der Waals surface area contributed by atoms with Crippen molar-refractivity contribution in [2.75, 3.05) is 13.2 Å². The minimum absolute atomic E-state index is 0.105. The first-order chi connectivity index (χ1) is 32.5. The molecule has 0 aromatic heterocycles. The number of hydrogen-bond acceptors (Lipinski definition) is 6. The number of allylic oxidation sites excluding steroid dienone is 14. The first-order valence-electron chi connectivity index (χ1n) is 27.6. The van der Waals surface area contributed by atoms with Crippen LogP contribution in [-0.2, 0) is 28.6 Å². The molecule has 0 heterocycles. The molecule has 1 unspecified atom stereocenters. The topological polar surface area (TPSA) is 78.9 Å². The first kappa shape index (κ1) is 62.6. The van der Waals surface area contributed by atoms with E-state index in [1.165, 1.54) is 141 Å². The molecule has 0 aliphatic rings. The quantitative estimate of drug-likeness (QED) is 0.0199. The number of esters is 3. The lowest BCUT2D eigenvalue weighted by molar-refractivity contribution is -0.166. The monoisotopic (exact) mass is 919 g/mol. The molecule has 6 heteroatoms. The largest absolute Gasteiger partial charge is 0.462 e. The molecule has 1 atom stereocenters. The molecule has 0 radical (unpaired) electrons. The minimum atomic E-state index is -0.816. The lowest BCUT2D eigenvalue weighted by Crippen LogP contribution is -2.30. The van der Waals surface area contributed by atoms with Gasteiger partial charge in [-0.25, -0.2) is 0 Å². The summed E-state index contributed by atoms with van der Waals surface area (Å²) < 4.78 is 16.8. The van der Waals surface area contributed by atoms with Crippen LogP contribution < -0.4 is 0 Å². The summed E-state index contributed by atoms with van der Waals surface area (Å²) in [6, 6.07) is 0. The van der Waals surface area contributed by atoms with Gasteiger partial charge in [0.05, 0.1) is 0 Å². The molecule has 0 amide bonds. The highest BCUT2D eigenvalue weighted by Crippen LogP contribution is 2.15. The van der Waals surface area contributed by atoms with Gasteiger partial charge in [-0.15, -0.1) is 0 Å². The van der Waals surface area contributed by atoms with E-state index < -0.39 is 12.1 Å². The Morgan fingerprint density at radius 3 is 1.08 bits per heavy atom. The lowest BCUT2D eigenvalue weighted by Gasteiger charge is -2.18. The molecule has 0 aliphatic carbocycles. The van der Waals surface area contributed by atoms with Crippen LogP contribution in [0.3, 0.4) is 0 Å². The van der Waals surface area contributed by atoms with Crippen molar-refractivity contribution in [3.05, 3.63) is 85.1 Å². The van der Waals surface area contributed by atoms with Crippen molar-refractivity contribution in [2.24, 2.45) is 0 Å². The Kier molecular flexibility index (Phi) is 51.4. The summed E-state index contributed by atoms with van der Waals surface area (Å²) in [7, 11) is 0. The van der Waals surface area contributed by atoms with Crippen molar-refractivity contribution < 1.29 is 28.6 Å². The number of ether oxygens (including phenoxy) is 3. The molecule has 0 N–H and O–H groups in total. The van der Waals surface area contributed by atoms with Crippen LogP contribution in [0.4, 0.5) is 0 Å². The van der Waals surface area contributed by atoms with Crippen molar-refractivity contribution in [2.45, 2.75) is 264 Å². The molecule has 378 valence electrons. The predicted molar refractivity (Wildman–Crippen MR) is 284 cm³/mol. The van der Waals surface area contributed by atoms with Crippen LogP contribution in [0.2, 0.25) is 0 Å². The van der Waals surface area contributed by atoms with Crippen molar-refractivity contribution in [3.63, 3.8) is 0 Å². The summed E-state index contributed by atoms with van der Waals surface area (Å²) in [5.74, 6) is -0.988. The van der Waals surface area contributed by atoms with Gasteiger partial charge in [0.15, 0.2) is 6.10 Å². The second-order valence-electron chi connectivity index (χ2n) is 18.1. The molecule has 0 aromatic rings. The number of carbonyl (C=O) groups excluding carboxylic acids is 3. The SMILES string of the molecule is CC/C=C\C/C=C\C/C=C\C/C=C\C/C=C\CCC(=O)OC(COC(=O)CCCCCCCCCCCC/C=C\C=C/CCCCC)COC(=O)CCCCCCCCCCCCCCC. The zero-order valence-electron chi connectivity index (χ0n) is 43.2. The zero-order chi connectivity index (χ0) is 47.9. The third kappa shape index (κ3) is 51.6. The highest BCUT2D eigenvalue weighted by molar-refractivity contribution is 5.71. The van der Waals surface area contributed by atoms with E-state index in [0.29, 0.717) is 19.3 Å². The fraction of sp³-hybridized carbons (Fsp3) is 0.717. The zero-order valence-corrected chi connectivity index (χ0v) is 43.2. The fourth-order valence-electron chi connectivity index (χ4n) is 7.54. The van der Waals surface area contributed by atoms with Gasteiger partial charge in [0.1, 0.15) is 13.2 Å². The van der Waals surface area contributed by atoms with Crippen molar-refractivity contribution in [1.82, 2.24) is 0 Å². The highest BCUT2D eigenvalue weighted by atomic mass is 16.6. The summed E-state index contributed by atoms with van der Waals surface area (Å²) >= 11 is 0. The maximum absolute atomic E-state index is 12.8. The van der Waals surface area contributed by atoms with Gasteiger partial charge in [0.2, 0.25) is 0 Å². The van der Waals surface area contributed by atoms with Crippen LogP contribution in [0.15, 0.2) is 85.1 Å². The third-order valence-corrected chi connectivity index (χ3v) is 11.7. The first-order valence-corrected chi connectivity index (χ1v) is 27.6. The smallest absolute Gasteiger partial charge is 0.306 e. The van der Waals surface area contributed by atoms with Gasteiger partial charge >= 0.3 is 17.9 Å². The summed E-state index contributed by atoms with van der Waals surface area (Å²) in [6.07, 6.45) is 70.1. The standard InChI is InChI=1S/C60H102O6/c1-4-7-10-13-16-19-22-25-27-29-30-31-33-35-38-41-44-47-50-53-59(62)65-56-57(55-64-58(61)52-49-46-43-40-37-34-24-21-18-15-12-9-6-3)66-60(63)54-51-48-45-42-39-36-32-28-26-23-20-17-14-11-8-5-2/h8,11,16-17,19-20,22,25-26,28,36,39,45,48,57H,4-7,9-10,12-15,18,21,23-24,27,29-35,37-38,40-44,46-47,49-56H2,1-3H3/b11-8-,19-16-,20-17-,25-22-,28-26-,39-36-,48-45-. The Morgan fingerprint density at radius 1 is 0.333 bits per heavy atom. The van der Waals surface area contributed by atoms with Gasteiger partial charge < -0.3 is 14.2 Å². The average Bonchev–Trinajstić information content (AvgIpc) is 3.31. The van der Waals surface area contributed by atoms with E-state index in [4.69, 9.17) is 14.2 Å². The van der Waals surface area contributed by atoms with E-state index in [1.54, 1.807) is 0 Å². The van der Waals surface area contributed by atoms with Gasteiger partial charge in [0.25, 0.3) is 0 Å². The summed E-state index contributed by atoms with van der Waals surface area (Å²) in [6.45, 7) is 6.44. The van der Waals surface area contributed by atoms with E-state index in [0.717, 1.165) is 70.6 Å². The number of carbonyl (C=O) groups is 3. The van der Waals surface area contributed by atoms with Gasteiger partial charge in [-0.3, -0.25) is 14.4 Å². The molecule has 0 aliphatic heterocycles. The molecular weight excluding hydrogens is 817 g/mol. The maximum Gasteiger partial charge on any atom is 0.306 e. The summed E-state index contributed by atoms with van der Waals surface area (Å²) in [4.78, 5) is 38.0. The lowest BCUT2D eigenvalue weighted by atomic mass is 10.0. The van der Waals surface area contributed by atoms with E-state index in [9.17, 15) is 14.4 Å². The Balaban J connectivity index is 4.45. The summed E-state index contributed by atoms with van der Waals surface area (Å²) in [5, 5.41) is 0. The van der Waals surface area contributed by atoms with Crippen molar-refractivity contribution in [3.8, 4) is 0 Å². The van der Waals surface area contributed by atoms with Crippen molar-refractivity contribution in [1.29, 1.82) is 0 Å². The fourth-order valence-corrected chi connectivity index (χ4v) is 7.54. The number of rotatable bonds is 49. The molecule has 0 spiro atoms. The minimum Gasteiger partial charge on any atom is -0.462 e. The molecule has 0 aromatic carbocycles. The van der Waals surface area contributed by atoms with Crippen LogP contribution in [0.25, 0.3) is 0 Å². The Morgan fingerprint density at radius 2 is 0.667 bits per heavy atom. The van der Waals surface area contributed by atoms with Crippen LogP contribution in [-0.4, -0.2) is 37.2 Å². The van der Waals surface area contributed by atoms with Gasteiger partial charge in [-0.2, -0.15) is 0 Å². The number of unbranched alkanes of at least 4 members (excludes halogenated alkanes) is 25. The second-order valence-corrected chi connectivity index (χ2v) is 18.1. The van der Waals surface area contributed by atoms with Gasteiger partial charge in [-0.1, -0.05) is 247 Å². The second kappa shape index (κ2) is 54.2. The van der Waals surface area contributed by atoms with Gasteiger partial charge in [0, 0.05) is 19.3 Å². The molecule has 0 saturated heterocycles. The Bertz CT molecular complexity index is 1290. The molecule has 0 bridgehead atoms. The number of hydrogen-bond donors (Lipinski definition) is 0. The predicted octanol–water partition coefficient (Wildman–Crippen LogP) is 18.4. The Hall–Kier alpha value is -3.41. The van der Waals surface area contributed by atoms with Crippen molar-refractivity contribution >= 4 is 17.9 Å². The average molecular weight is 919 g/mol. The van der Waals surface area contributed by atoms with E-state index >= 15 is 0 Å². The third-order valence-electron chi connectivity index (χ3n) is 11.7. The Labute approximate surface area is 407 Å². The molecular formula is C60H102O6. The van der Waals surface area contributed by atoms with Crippen LogP contribution >= 0.6 is 0 Å². The molecule has 0 saturated carbocycles. The molecule has 0 fully saturated rings. The highest BCUT2D eigenvalue weighted by Gasteiger charge is 2.19. The normalized spacial score (nSPS) is 12.7. The van der Waals surface area contributed by atoms with Gasteiger partial charge in [-0.05, 0) is 77.0 Å². The summed E-state index contributed by atoms with van der Waals surface area (Å²) in [5.41, 5.74) is 0. The molecule has 0 rings (SSSR count). The molecule has 66 heavy (non-hydrogen) atoms. The molecule has 6 nitrogen and oxygen atoms in total. The maximum atomic E-state index is 12.8.